The van der Waals surface area contributed by atoms with Crippen molar-refractivity contribution in [1.82, 2.24) is 0 Å². The molecule has 0 aliphatic rings. The Labute approximate surface area is 134 Å². The fraction of sp³-hybridized carbons (Fsp3) is 0.133. The smallest absolute Gasteiger partial charge is 0.163 e. The number of ketones is 1. The van der Waals surface area contributed by atoms with Crippen molar-refractivity contribution >= 4 is 43.3 Å². The van der Waals surface area contributed by atoms with E-state index in [-0.39, 0.29) is 5.78 Å². The summed E-state index contributed by atoms with van der Waals surface area (Å²) in [4.78, 5) is 11.7. The normalized spacial score (nSPS) is 10.3. The maximum atomic E-state index is 11.7. The number of hydrogen-bond donors (Lipinski definition) is 1. The second kappa shape index (κ2) is 6.41. The van der Waals surface area contributed by atoms with Crippen molar-refractivity contribution in [2.24, 2.45) is 0 Å². The van der Waals surface area contributed by atoms with Gasteiger partial charge in [0.05, 0.1) is 11.3 Å². The van der Waals surface area contributed by atoms with Crippen LogP contribution in [0.4, 0.5) is 5.69 Å². The number of hydrogen-bond acceptors (Lipinski definition) is 3. The van der Waals surface area contributed by atoms with Crippen LogP contribution in [0.2, 0.25) is 0 Å². The molecule has 0 heterocycles. The Morgan fingerprint density at radius 2 is 1.95 bits per heavy atom. The molecule has 2 aromatic rings. The number of Topliss-reactive ketones (excluding diaryl/α,β-unsaturated/α-hetero) is 1. The number of nitrogen functional groups attached to an aromatic ring is 1. The van der Waals surface area contributed by atoms with E-state index in [2.05, 4.69) is 31.9 Å². The molecule has 104 valence electrons. The Hall–Kier alpha value is -1.33. The van der Waals surface area contributed by atoms with Crippen LogP contribution in [0, 0.1) is 0 Å². The zero-order valence-corrected chi connectivity index (χ0v) is 14.0. The molecule has 0 spiro atoms. The van der Waals surface area contributed by atoms with Gasteiger partial charge in [0, 0.05) is 8.95 Å². The van der Waals surface area contributed by atoms with E-state index in [4.69, 9.17) is 10.5 Å². The average molecular weight is 399 g/mol. The molecule has 0 aliphatic heterocycles. The van der Waals surface area contributed by atoms with Crippen LogP contribution < -0.4 is 10.5 Å². The van der Waals surface area contributed by atoms with Gasteiger partial charge in [-0.2, -0.15) is 0 Å². The van der Waals surface area contributed by atoms with E-state index in [0.717, 1.165) is 14.5 Å². The lowest BCUT2D eigenvalue weighted by Crippen LogP contribution is -2.05. The van der Waals surface area contributed by atoms with Crippen molar-refractivity contribution in [1.29, 1.82) is 0 Å². The predicted molar refractivity (Wildman–Crippen MR) is 87.0 cm³/mol. The lowest BCUT2D eigenvalue weighted by atomic mass is 10.1. The van der Waals surface area contributed by atoms with Crippen LogP contribution in [0.15, 0.2) is 45.3 Å². The minimum Gasteiger partial charge on any atom is -0.486 e. The summed E-state index contributed by atoms with van der Waals surface area (Å²) in [5, 5.41) is 0. The van der Waals surface area contributed by atoms with Crippen LogP contribution in [-0.2, 0) is 6.61 Å². The number of carbonyl (C=O) groups excluding carboxylic acids is 1. The van der Waals surface area contributed by atoms with Crippen molar-refractivity contribution in [2.45, 2.75) is 13.5 Å². The minimum absolute atomic E-state index is 0.0813. The second-order valence-electron chi connectivity index (χ2n) is 4.35. The number of anilines is 1. The van der Waals surface area contributed by atoms with Crippen LogP contribution in [0.3, 0.4) is 0 Å². The van der Waals surface area contributed by atoms with Crippen molar-refractivity contribution in [3.05, 3.63) is 56.5 Å². The molecule has 0 atom stereocenters. The van der Waals surface area contributed by atoms with Crippen LogP contribution in [0.1, 0.15) is 22.8 Å². The number of carbonyl (C=O) groups is 1. The largest absolute Gasteiger partial charge is 0.486 e. The molecule has 2 N–H and O–H groups in total. The molecule has 0 aliphatic carbocycles. The Morgan fingerprint density at radius 1 is 1.20 bits per heavy atom. The van der Waals surface area contributed by atoms with Gasteiger partial charge in [-0.3, -0.25) is 4.79 Å². The van der Waals surface area contributed by atoms with Gasteiger partial charge in [0.25, 0.3) is 0 Å². The van der Waals surface area contributed by atoms with Gasteiger partial charge in [-0.1, -0.05) is 44.0 Å². The van der Waals surface area contributed by atoms with E-state index in [0.29, 0.717) is 23.6 Å². The summed E-state index contributed by atoms with van der Waals surface area (Å²) in [7, 11) is 0. The maximum Gasteiger partial charge on any atom is 0.163 e. The zero-order chi connectivity index (χ0) is 14.7. The fourth-order valence-electron chi connectivity index (χ4n) is 1.82. The Bertz CT molecular complexity index is 656. The van der Waals surface area contributed by atoms with E-state index in [9.17, 15) is 4.79 Å². The molecule has 2 aromatic carbocycles. The first-order valence-electron chi connectivity index (χ1n) is 5.94. The summed E-state index contributed by atoms with van der Waals surface area (Å²) in [5.74, 6) is 0.350. The van der Waals surface area contributed by atoms with Crippen LogP contribution >= 0.6 is 31.9 Å². The van der Waals surface area contributed by atoms with E-state index in [1.807, 2.05) is 24.3 Å². The molecule has 0 bridgehead atoms. The monoisotopic (exact) mass is 397 g/mol. The van der Waals surface area contributed by atoms with Crippen LogP contribution in [0.25, 0.3) is 0 Å². The van der Waals surface area contributed by atoms with Gasteiger partial charge in [-0.15, -0.1) is 0 Å². The van der Waals surface area contributed by atoms with Gasteiger partial charge < -0.3 is 10.5 Å². The summed E-state index contributed by atoms with van der Waals surface area (Å²) in [5.41, 5.74) is 7.86. The van der Waals surface area contributed by atoms with Crippen LogP contribution in [0.5, 0.6) is 5.75 Å². The van der Waals surface area contributed by atoms with Gasteiger partial charge in [-0.25, -0.2) is 0 Å². The number of nitrogens with two attached hydrogens (primary N) is 1. The number of rotatable bonds is 4. The van der Waals surface area contributed by atoms with Crippen molar-refractivity contribution in [2.75, 3.05) is 5.73 Å². The quantitative estimate of drug-likeness (QED) is 0.605. The van der Waals surface area contributed by atoms with Gasteiger partial charge in [0.2, 0.25) is 0 Å². The predicted octanol–water partition coefficient (Wildman–Crippen LogP) is 4.58. The van der Waals surface area contributed by atoms with Crippen molar-refractivity contribution < 1.29 is 9.53 Å². The van der Waals surface area contributed by atoms with Gasteiger partial charge in [0.15, 0.2) is 11.5 Å². The molecule has 0 fully saturated rings. The summed E-state index contributed by atoms with van der Waals surface area (Å²) in [6, 6.07) is 11.2. The third-order valence-electron chi connectivity index (χ3n) is 2.73. The molecule has 2 rings (SSSR count). The van der Waals surface area contributed by atoms with Crippen molar-refractivity contribution in [3.63, 3.8) is 0 Å². The Kier molecular flexibility index (Phi) is 4.83. The van der Waals surface area contributed by atoms with E-state index < -0.39 is 0 Å². The third kappa shape index (κ3) is 3.61. The highest BCUT2D eigenvalue weighted by Crippen LogP contribution is 2.31. The maximum absolute atomic E-state index is 11.7. The van der Waals surface area contributed by atoms with E-state index in [1.165, 1.54) is 6.92 Å². The SMILES string of the molecule is CC(=O)c1cc(Br)cc(N)c1OCc1cccc(Br)c1. The van der Waals surface area contributed by atoms with Crippen LogP contribution in [-0.4, -0.2) is 5.78 Å². The first kappa shape index (κ1) is 15.1. The highest BCUT2D eigenvalue weighted by molar-refractivity contribution is 9.10. The molecular formula is C15H13Br2NO2. The molecule has 5 heteroatoms. The first-order chi connectivity index (χ1) is 9.47. The molecule has 3 nitrogen and oxygen atoms in total. The molecule has 0 amide bonds. The number of benzene rings is 2. The average Bonchev–Trinajstić information content (AvgIpc) is 2.36. The summed E-state index contributed by atoms with van der Waals surface area (Å²) >= 11 is 6.74. The van der Waals surface area contributed by atoms with Crippen molar-refractivity contribution in [3.8, 4) is 5.75 Å². The van der Waals surface area contributed by atoms with E-state index in [1.54, 1.807) is 12.1 Å². The zero-order valence-electron chi connectivity index (χ0n) is 10.8. The summed E-state index contributed by atoms with van der Waals surface area (Å²) < 4.78 is 7.48. The second-order valence-corrected chi connectivity index (χ2v) is 6.18. The summed E-state index contributed by atoms with van der Waals surface area (Å²) in [6.07, 6.45) is 0. The molecule has 20 heavy (non-hydrogen) atoms. The van der Waals surface area contributed by atoms with Gasteiger partial charge in [0.1, 0.15) is 6.61 Å². The molecular weight excluding hydrogens is 386 g/mol. The molecule has 0 saturated heterocycles. The van der Waals surface area contributed by atoms with E-state index >= 15 is 0 Å². The van der Waals surface area contributed by atoms with Gasteiger partial charge in [-0.05, 0) is 36.8 Å². The highest BCUT2D eigenvalue weighted by Gasteiger charge is 2.13. The third-order valence-corrected chi connectivity index (χ3v) is 3.69. The van der Waals surface area contributed by atoms with Gasteiger partial charge >= 0.3 is 0 Å². The fourth-order valence-corrected chi connectivity index (χ4v) is 2.74. The summed E-state index contributed by atoms with van der Waals surface area (Å²) in [6.45, 7) is 1.85. The lowest BCUT2D eigenvalue weighted by molar-refractivity contribution is 0.101. The first-order valence-corrected chi connectivity index (χ1v) is 7.53. The topological polar surface area (TPSA) is 52.3 Å². The lowest BCUT2D eigenvalue weighted by Gasteiger charge is -2.13. The molecule has 0 unspecified atom stereocenters. The number of halogens is 2. The number of ether oxygens (including phenoxy) is 1. The molecule has 0 saturated carbocycles. The minimum atomic E-state index is -0.0813. The highest BCUT2D eigenvalue weighted by atomic mass is 79.9. The molecule has 0 aromatic heterocycles. The molecule has 0 radical (unpaired) electrons. The Balaban J connectivity index is 2.27. The Morgan fingerprint density at radius 3 is 2.60 bits per heavy atom. The standard InChI is InChI=1S/C15H13Br2NO2/c1-9(19)13-6-12(17)7-14(18)15(13)20-8-10-3-2-4-11(16)5-10/h2-7H,8,18H2,1H3.